The van der Waals surface area contributed by atoms with E-state index in [1.165, 1.54) is 17.5 Å². The number of halogens is 2. The van der Waals surface area contributed by atoms with Gasteiger partial charge in [0.2, 0.25) is 11.8 Å². The van der Waals surface area contributed by atoms with Crippen molar-refractivity contribution in [1.29, 1.82) is 0 Å². The van der Waals surface area contributed by atoms with Gasteiger partial charge < -0.3 is 18.8 Å². The Morgan fingerprint density at radius 2 is 1.48 bits per heavy atom. The molecule has 0 saturated carbocycles. The van der Waals surface area contributed by atoms with E-state index in [1.807, 2.05) is 18.2 Å². The number of carbonyl (C=O) groups is 1. The van der Waals surface area contributed by atoms with Crippen LogP contribution in [0.25, 0.3) is 11.3 Å². The largest absolute Gasteiger partial charge is 0.469 e. The van der Waals surface area contributed by atoms with Gasteiger partial charge in [-0.05, 0) is 83.5 Å². The van der Waals surface area contributed by atoms with E-state index in [0.717, 1.165) is 69.7 Å². The summed E-state index contributed by atoms with van der Waals surface area (Å²) in [6, 6.07) is 31.6. The smallest absolute Gasteiger partial charge is 0.305 e. The first-order valence-electron chi connectivity index (χ1n) is 21.0. The van der Waals surface area contributed by atoms with Crippen LogP contribution >= 0.6 is 23.2 Å². The third kappa shape index (κ3) is 9.57. The number of hydrogen-bond acceptors (Lipinski definition) is 10. The molecule has 5 aromatic rings. The summed E-state index contributed by atoms with van der Waals surface area (Å²) in [7, 11) is -1.21. The maximum absolute atomic E-state index is 11.9. The van der Waals surface area contributed by atoms with Crippen molar-refractivity contribution in [3.63, 3.8) is 0 Å². The number of pyridine rings is 1. The summed E-state index contributed by atoms with van der Waals surface area (Å²) in [6.07, 6.45) is 6.88. The Kier molecular flexibility index (Phi) is 12.9. The van der Waals surface area contributed by atoms with Crippen molar-refractivity contribution in [3.8, 4) is 22.9 Å². The maximum atomic E-state index is 11.9. The van der Waals surface area contributed by atoms with Gasteiger partial charge in [-0.25, -0.2) is 15.0 Å². The quantitative estimate of drug-likeness (QED) is 0.0903. The van der Waals surface area contributed by atoms with E-state index in [9.17, 15) is 4.79 Å². The number of fused-ring (bicyclic) bond motifs is 1. The third-order valence-electron chi connectivity index (χ3n) is 12.3. The summed E-state index contributed by atoms with van der Waals surface area (Å²) in [5.41, 5.74) is 2.55. The number of likely N-dealkylation sites (tertiary alicyclic amines) is 1. The van der Waals surface area contributed by atoms with Crippen molar-refractivity contribution in [2.75, 3.05) is 51.3 Å². The number of piperazine rings is 1. The number of nitrogens with zero attached hydrogens (tertiary/aromatic N) is 6. The second-order valence-electron chi connectivity index (χ2n) is 17.4. The van der Waals surface area contributed by atoms with Crippen LogP contribution in [-0.2, 0) is 20.5 Å². The lowest BCUT2D eigenvalue weighted by molar-refractivity contribution is -0.142. The standard InChI is InChI=1S/C47H54Cl2N6O4Si/c1-47(2,3)60(41-11-7-5-8-12-41,42-13-9-6-10-14-42)59-39-27-38-31-55(20-19-54(38)32-39)46-50-28-40(29-51-46)58-44-22-34(21-43(52-44)35-24-36(48)26-37(49)25-35)30-53-17-15-33(16-18-53)23-45(56)57-4/h5-14,21-22,24-26,28-29,33,38-39H,15-20,23,27,30-32H2,1-4H3/t38-,39+/m0/s1. The predicted molar refractivity (Wildman–Crippen MR) is 241 cm³/mol. The van der Waals surface area contributed by atoms with Gasteiger partial charge >= 0.3 is 5.97 Å². The van der Waals surface area contributed by atoms with Crippen LogP contribution in [0, 0.1) is 5.92 Å². The van der Waals surface area contributed by atoms with E-state index in [0.29, 0.717) is 58.2 Å². The van der Waals surface area contributed by atoms with E-state index in [2.05, 4.69) is 102 Å². The van der Waals surface area contributed by atoms with Gasteiger partial charge in [0, 0.05) is 66.9 Å². The molecule has 3 fully saturated rings. The van der Waals surface area contributed by atoms with Crippen LogP contribution in [0.15, 0.2) is 103 Å². The summed E-state index contributed by atoms with van der Waals surface area (Å²) in [4.78, 5) is 33.6. The van der Waals surface area contributed by atoms with Crippen molar-refractivity contribution >= 4 is 53.8 Å². The van der Waals surface area contributed by atoms with E-state index < -0.39 is 8.32 Å². The number of methoxy groups -OCH3 is 1. The molecule has 3 aliphatic rings. The van der Waals surface area contributed by atoms with Crippen molar-refractivity contribution in [2.45, 2.75) is 70.2 Å². The lowest BCUT2D eigenvalue weighted by atomic mass is 9.93. The van der Waals surface area contributed by atoms with E-state index in [4.69, 9.17) is 52.1 Å². The van der Waals surface area contributed by atoms with Crippen LogP contribution in [0.4, 0.5) is 5.95 Å². The minimum absolute atomic E-state index is 0.0743. The minimum atomic E-state index is -2.66. The lowest BCUT2D eigenvalue weighted by Gasteiger charge is -2.44. The van der Waals surface area contributed by atoms with Crippen LogP contribution in [0.1, 0.15) is 52.0 Å². The van der Waals surface area contributed by atoms with Crippen LogP contribution in [0.2, 0.25) is 15.1 Å². The van der Waals surface area contributed by atoms with Gasteiger partial charge in [0.05, 0.1) is 31.3 Å². The monoisotopic (exact) mass is 864 g/mol. The SMILES string of the molecule is COC(=O)CC1CCN(Cc2cc(Oc3cnc(N4CCN5C[C@H](O[Si](c6ccccc6)(c6ccccc6)C(C)(C)C)C[C@H]5C4)nc3)nc(-c3cc(Cl)cc(Cl)c3)c2)CC1. The highest BCUT2D eigenvalue weighted by molar-refractivity contribution is 6.99. The number of rotatable bonds is 12. The fourth-order valence-corrected chi connectivity index (χ4v) is 14.5. The Morgan fingerprint density at radius 3 is 2.10 bits per heavy atom. The summed E-state index contributed by atoms with van der Waals surface area (Å²) in [5.74, 6) is 1.81. The Labute approximate surface area is 364 Å². The van der Waals surface area contributed by atoms with Crippen molar-refractivity contribution < 1.29 is 18.7 Å². The van der Waals surface area contributed by atoms with Gasteiger partial charge in [0.25, 0.3) is 8.32 Å². The molecule has 314 valence electrons. The second kappa shape index (κ2) is 18.3. The number of esters is 1. The van der Waals surface area contributed by atoms with Crippen LogP contribution in [0.3, 0.4) is 0 Å². The zero-order valence-corrected chi connectivity index (χ0v) is 37.4. The first-order chi connectivity index (χ1) is 28.9. The third-order valence-corrected chi connectivity index (χ3v) is 17.8. The normalized spacial score (nSPS) is 19.3. The zero-order valence-electron chi connectivity index (χ0n) is 34.9. The van der Waals surface area contributed by atoms with E-state index >= 15 is 0 Å². The summed E-state index contributed by atoms with van der Waals surface area (Å²) >= 11 is 12.8. The van der Waals surface area contributed by atoms with E-state index in [-0.39, 0.29) is 17.1 Å². The fourth-order valence-electron chi connectivity index (χ4n) is 9.33. The average Bonchev–Trinajstić information content (AvgIpc) is 3.65. The first kappa shape index (κ1) is 42.3. The minimum Gasteiger partial charge on any atom is -0.469 e. The average molecular weight is 866 g/mol. The molecule has 3 saturated heterocycles. The Morgan fingerprint density at radius 1 is 0.833 bits per heavy atom. The number of aromatic nitrogens is 3. The molecule has 10 nitrogen and oxygen atoms in total. The number of anilines is 1. The molecule has 0 radical (unpaired) electrons. The molecule has 3 aromatic carbocycles. The lowest BCUT2D eigenvalue weighted by Crippen LogP contribution is -2.67. The van der Waals surface area contributed by atoms with Gasteiger partial charge in [-0.15, -0.1) is 0 Å². The molecule has 0 spiro atoms. The Balaban J connectivity index is 0.954. The summed E-state index contributed by atoms with van der Waals surface area (Å²) in [6.45, 7) is 13.0. The molecular formula is C47H54Cl2N6O4Si. The van der Waals surface area contributed by atoms with Crippen LogP contribution in [0.5, 0.6) is 11.6 Å². The fraction of sp³-hybridized carbons (Fsp3) is 0.404. The number of ether oxygens (including phenoxy) is 2. The molecule has 0 amide bonds. The van der Waals surface area contributed by atoms with Gasteiger partial charge in [0.1, 0.15) is 0 Å². The number of hydrogen-bond donors (Lipinski definition) is 0. The van der Waals surface area contributed by atoms with Gasteiger partial charge in [-0.1, -0.05) is 105 Å². The van der Waals surface area contributed by atoms with Gasteiger partial charge in [-0.2, -0.15) is 0 Å². The zero-order chi connectivity index (χ0) is 41.9. The topological polar surface area (TPSA) is 93.2 Å². The van der Waals surface area contributed by atoms with Crippen molar-refractivity contribution in [1.82, 2.24) is 24.8 Å². The van der Waals surface area contributed by atoms with Crippen LogP contribution in [-0.4, -0.2) is 97.6 Å². The Hall–Kier alpha value is -4.36. The maximum Gasteiger partial charge on any atom is 0.305 e. The van der Waals surface area contributed by atoms with E-state index in [1.54, 1.807) is 18.5 Å². The highest BCUT2D eigenvalue weighted by Gasteiger charge is 2.53. The number of piperidine rings is 1. The molecule has 60 heavy (non-hydrogen) atoms. The molecule has 0 N–H and O–H groups in total. The molecule has 2 aromatic heterocycles. The second-order valence-corrected chi connectivity index (χ2v) is 22.5. The van der Waals surface area contributed by atoms with Gasteiger partial charge in [-0.3, -0.25) is 14.6 Å². The molecule has 0 unspecified atom stereocenters. The molecular weight excluding hydrogens is 812 g/mol. The molecule has 3 aliphatic heterocycles. The number of benzene rings is 3. The number of carbonyl (C=O) groups excluding carboxylic acids is 1. The first-order valence-corrected chi connectivity index (χ1v) is 23.7. The van der Waals surface area contributed by atoms with Crippen molar-refractivity contribution in [2.24, 2.45) is 5.92 Å². The molecule has 0 aliphatic carbocycles. The van der Waals surface area contributed by atoms with Gasteiger partial charge in [0.15, 0.2) is 5.75 Å². The molecule has 8 rings (SSSR count). The summed E-state index contributed by atoms with van der Waals surface area (Å²) in [5, 5.41) is 3.61. The molecule has 2 atom stereocenters. The Bertz CT molecular complexity index is 2180. The highest BCUT2D eigenvalue weighted by atomic mass is 35.5. The van der Waals surface area contributed by atoms with Crippen molar-refractivity contribution in [3.05, 3.63) is 119 Å². The molecule has 13 heteroatoms. The summed E-state index contributed by atoms with van der Waals surface area (Å²) < 4.78 is 18.8. The predicted octanol–water partition coefficient (Wildman–Crippen LogP) is 8.25. The molecule has 0 bridgehead atoms. The highest BCUT2D eigenvalue weighted by Crippen LogP contribution is 2.40. The van der Waals surface area contributed by atoms with Crippen LogP contribution < -0.4 is 20.0 Å². The molecule has 5 heterocycles.